The third-order valence-electron chi connectivity index (χ3n) is 0.823. The third kappa shape index (κ3) is 8.70. The van der Waals surface area contributed by atoms with E-state index in [4.69, 9.17) is 0 Å². The highest BCUT2D eigenvalue weighted by molar-refractivity contribution is 8.03. The van der Waals surface area contributed by atoms with Crippen LogP contribution >= 0.6 is 23.5 Å². The zero-order valence-electron chi connectivity index (χ0n) is 6.73. The van der Waals surface area contributed by atoms with Crippen molar-refractivity contribution in [2.75, 3.05) is 17.8 Å². The molecule has 0 saturated carbocycles. The lowest BCUT2D eigenvalue weighted by Gasteiger charge is -2.16. The first kappa shape index (κ1) is 9.70. The maximum absolute atomic E-state index is 2.26. The van der Waals surface area contributed by atoms with Crippen LogP contribution in [0.5, 0.6) is 0 Å². The first-order valence-electron chi connectivity index (χ1n) is 3.19. The molecule has 0 amide bonds. The van der Waals surface area contributed by atoms with Gasteiger partial charge < -0.3 is 0 Å². The molecule has 9 heavy (non-hydrogen) atoms. The molecular weight excluding hydrogens is 148 g/mol. The molecule has 0 aromatic rings. The van der Waals surface area contributed by atoms with Crippen molar-refractivity contribution in [1.82, 2.24) is 0 Å². The van der Waals surface area contributed by atoms with E-state index in [1.165, 1.54) is 11.5 Å². The molecule has 0 aliphatic rings. The first-order chi connectivity index (χ1) is 4.06. The average molecular weight is 164 g/mol. The van der Waals surface area contributed by atoms with Crippen LogP contribution in [0.15, 0.2) is 0 Å². The summed E-state index contributed by atoms with van der Waals surface area (Å²) < 4.78 is 0.454. The molecule has 0 nitrogen and oxygen atoms in total. The first-order valence-corrected chi connectivity index (χ1v) is 5.57. The fourth-order valence-corrected chi connectivity index (χ4v) is 2.04. The van der Waals surface area contributed by atoms with Crippen LogP contribution < -0.4 is 0 Å². The van der Waals surface area contributed by atoms with Crippen molar-refractivity contribution in [3.05, 3.63) is 0 Å². The van der Waals surface area contributed by atoms with Crippen LogP contribution in [-0.4, -0.2) is 22.5 Å². The molecule has 0 bridgehead atoms. The minimum Gasteiger partial charge on any atom is -0.165 e. The summed E-state index contributed by atoms with van der Waals surface area (Å²) in [5, 5.41) is 0. The zero-order valence-corrected chi connectivity index (χ0v) is 8.36. The van der Waals surface area contributed by atoms with Crippen molar-refractivity contribution in [2.24, 2.45) is 0 Å². The van der Waals surface area contributed by atoms with Gasteiger partial charge in [0.1, 0.15) is 0 Å². The predicted molar refractivity (Wildman–Crippen MR) is 50.6 cm³/mol. The van der Waals surface area contributed by atoms with Crippen molar-refractivity contribution >= 4 is 23.5 Å². The Morgan fingerprint density at radius 3 is 2.00 bits per heavy atom. The molecule has 0 aliphatic heterocycles. The average Bonchev–Trinajstić information content (AvgIpc) is 1.63. The molecule has 0 aliphatic carbocycles. The van der Waals surface area contributed by atoms with Gasteiger partial charge in [-0.05, 0) is 6.26 Å². The van der Waals surface area contributed by atoms with Crippen LogP contribution in [0.25, 0.3) is 0 Å². The summed E-state index contributed by atoms with van der Waals surface area (Å²) in [5.41, 5.74) is 0. The smallest absolute Gasteiger partial charge is 0.00753 e. The monoisotopic (exact) mass is 164 g/mol. The summed E-state index contributed by atoms with van der Waals surface area (Å²) in [7, 11) is 0. The van der Waals surface area contributed by atoms with Gasteiger partial charge >= 0.3 is 0 Å². The Morgan fingerprint density at radius 2 is 1.67 bits per heavy atom. The number of hydrogen-bond acceptors (Lipinski definition) is 2. The predicted octanol–water partition coefficient (Wildman–Crippen LogP) is 2.88. The summed E-state index contributed by atoms with van der Waals surface area (Å²) in [6.45, 7) is 6.79. The normalized spacial score (nSPS) is 12.0. The lowest BCUT2D eigenvalue weighted by atomic mass is 10.3. The van der Waals surface area contributed by atoms with E-state index in [2.05, 4.69) is 27.0 Å². The summed E-state index contributed by atoms with van der Waals surface area (Å²) in [5.74, 6) is 2.56. The van der Waals surface area contributed by atoms with E-state index in [-0.39, 0.29) is 0 Å². The van der Waals surface area contributed by atoms with Crippen molar-refractivity contribution in [1.29, 1.82) is 0 Å². The number of hydrogen-bond donors (Lipinski definition) is 0. The molecule has 0 aromatic heterocycles. The molecular formula is C7H16S2. The molecule has 0 atom stereocenters. The molecule has 0 unspecified atom stereocenters. The summed E-state index contributed by atoms with van der Waals surface area (Å²) in [6.07, 6.45) is 2.16. The van der Waals surface area contributed by atoms with Gasteiger partial charge in [-0.3, -0.25) is 0 Å². The van der Waals surface area contributed by atoms with E-state index in [0.717, 1.165) is 0 Å². The lowest BCUT2D eigenvalue weighted by Crippen LogP contribution is -2.08. The molecule has 0 fully saturated rings. The fraction of sp³-hybridized carbons (Fsp3) is 1.00. The topological polar surface area (TPSA) is 0 Å². The van der Waals surface area contributed by atoms with Crippen LogP contribution in [-0.2, 0) is 0 Å². The largest absolute Gasteiger partial charge is 0.165 e. The van der Waals surface area contributed by atoms with Gasteiger partial charge in [-0.1, -0.05) is 20.8 Å². The Morgan fingerprint density at radius 1 is 1.11 bits per heavy atom. The molecule has 0 aromatic carbocycles. The van der Waals surface area contributed by atoms with Crippen LogP contribution in [0.1, 0.15) is 20.8 Å². The van der Waals surface area contributed by atoms with E-state index in [1.807, 2.05) is 23.5 Å². The van der Waals surface area contributed by atoms with Gasteiger partial charge in [0.25, 0.3) is 0 Å². The number of thioether (sulfide) groups is 2. The van der Waals surface area contributed by atoms with Crippen LogP contribution in [0, 0.1) is 0 Å². The van der Waals surface area contributed by atoms with Gasteiger partial charge in [-0.2, -0.15) is 23.5 Å². The standard InChI is InChI=1S/C7H16S2/c1-7(2,3)9-6-5-8-4/h5-6H2,1-4H3. The second-order valence-corrected chi connectivity index (χ2v) is 5.86. The van der Waals surface area contributed by atoms with Gasteiger partial charge in [-0.15, -0.1) is 0 Å². The van der Waals surface area contributed by atoms with E-state index in [9.17, 15) is 0 Å². The summed E-state index contributed by atoms with van der Waals surface area (Å²) in [4.78, 5) is 0. The second-order valence-electron chi connectivity index (χ2n) is 2.95. The van der Waals surface area contributed by atoms with Crippen LogP contribution in [0.2, 0.25) is 0 Å². The SMILES string of the molecule is CSCCSC(C)(C)C. The Bertz CT molecular complexity index is 63.8. The van der Waals surface area contributed by atoms with E-state index in [1.54, 1.807) is 0 Å². The minimum atomic E-state index is 0.454. The molecule has 0 saturated heterocycles. The highest BCUT2D eigenvalue weighted by atomic mass is 32.2. The van der Waals surface area contributed by atoms with Crippen molar-refractivity contribution in [3.63, 3.8) is 0 Å². The molecule has 2 heteroatoms. The fourth-order valence-electron chi connectivity index (χ4n) is 0.431. The highest BCUT2D eigenvalue weighted by Crippen LogP contribution is 2.23. The highest BCUT2D eigenvalue weighted by Gasteiger charge is 2.08. The Labute approximate surface area is 67.2 Å². The van der Waals surface area contributed by atoms with Gasteiger partial charge in [0.05, 0.1) is 0 Å². The van der Waals surface area contributed by atoms with Gasteiger partial charge in [0.2, 0.25) is 0 Å². The molecule has 0 spiro atoms. The van der Waals surface area contributed by atoms with Crippen LogP contribution in [0.3, 0.4) is 0 Å². The molecule has 56 valence electrons. The Hall–Kier alpha value is 0.700. The van der Waals surface area contributed by atoms with E-state index < -0.39 is 0 Å². The van der Waals surface area contributed by atoms with E-state index in [0.29, 0.717) is 4.75 Å². The summed E-state index contributed by atoms with van der Waals surface area (Å²) in [6, 6.07) is 0. The third-order valence-corrected chi connectivity index (χ3v) is 2.97. The maximum atomic E-state index is 2.26. The van der Waals surface area contributed by atoms with Crippen LogP contribution in [0.4, 0.5) is 0 Å². The number of rotatable bonds is 3. The quantitative estimate of drug-likeness (QED) is 0.588. The van der Waals surface area contributed by atoms with Crippen molar-refractivity contribution in [3.8, 4) is 0 Å². The van der Waals surface area contributed by atoms with Gasteiger partial charge in [0.15, 0.2) is 0 Å². The van der Waals surface area contributed by atoms with E-state index >= 15 is 0 Å². The zero-order chi connectivity index (χ0) is 7.33. The minimum absolute atomic E-state index is 0.454. The van der Waals surface area contributed by atoms with Crippen molar-refractivity contribution < 1.29 is 0 Å². The lowest BCUT2D eigenvalue weighted by molar-refractivity contribution is 0.804. The second kappa shape index (κ2) is 4.51. The van der Waals surface area contributed by atoms with Gasteiger partial charge in [-0.25, -0.2) is 0 Å². The Balaban J connectivity index is 3.07. The van der Waals surface area contributed by atoms with Gasteiger partial charge in [0, 0.05) is 16.3 Å². The molecule has 0 rings (SSSR count). The molecule has 0 radical (unpaired) electrons. The molecule has 0 heterocycles. The summed E-state index contributed by atoms with van der Waals surface area (Å²) >= 11 is 3.96. The maximum Gasteiger partial charge on any atom is 0.00753 e. The molecule has 0 N–H and O–H groups in total. The van der Waals surface area contributed by atoms with Crippen molar-refractivity contribution in [2.45, 2.75) is 25.5 Å². The Kier molecular flexibility index (Phi) is 4.86.